The number of benzene rings is 2. The second-order valence-electron chi connectivity index (χ2n) is 9.52. The van der Waals surface area contributed by atoms with Crippen LogP contribution in [0, 0.1) is 0 Å². The number of imide groups is 1. The number of carboxylic acid groups (broad SMARTS) is 1. The number of phenols is 1. The van der Waals surface area contributed by atoms with E-state index in [0.717, 1.165) is 5.56 Å². The molecule has 214 valence electrons. The minimum atomic E-state index is -1.35. The number of aromatic hydroxyl groups is 1. The first-order valence-electron chi connectivity index (χ1n) is 12.9. The van der Waals surface area contributed by atoms with Crippen molar-refractivity contribution in [2.75, 3.05) is 18.4 Å². The molecular weight excluding hydrogens is 518 g/mol. The summed E-state index contributed by atoms with van der Waals surface area (Å²) in [4.78, 5) is 56.2. The van der Waals surface area contributed by atoms with Crippen LogP contribution >= 0.6 is 0 Å². The summed E-state index contributed by atoms with van der Waals surface area (Å²) in [6.07, 6.45) is 1.83. The summed E-state index contributed by atoms with van der Waals surface area (Å²) in [5.74, 6) is -3.56. The molecule has 2 aromatic carbocycles. The van der Waals surface area contributed by atoms with Crippen LogP contribution in [0.5, 0.6) is 5.75 Å². The van der Waals surface area contributed by atoms with Gasteiger partial charge in [0.05, 0.1) is 6.04 Å². The first-order chi connectivity index (χ1) is 19.1. The highest BCUT2D eigenvalue weighted by molar-refractivity contribution is 6.02. The van der Waals surface area contributed by atoms with Gasteiger partial charge >= 0.3 is 5.97 Å². The molecule has 0 aromatic heterocycles. The van der Waals surface area contributed by atoms with Crippen LogP contribution in [0.25, 0.3) is 0 Å². The van der Waals surface area contributed by atoms with Crippen molar-refractivity contribution in [3.8, 4) is 5.75 Å². The zero-order valence-corrected chi connectivity index (χ0v) is 22.0. The Balaban J connectivity index is 1.69. The summed E-state index contributed by atoms with van der Waals surface area (Å²) in [5.41, 5.74) is 17.7. The topological polar surface area (TPSA) is 226 Å². The number of nitrogens with zero attached hydrogens (tertiary/aromatic N) is 2. The summed E-state index contributed by atoms with van der Waals surface area (Å²) in [5, 5.41) is 24.4. The number of carbonyl (C=O) groups excluding carboxylic acids is 3. The van der Waals surface area contributed by atoms with Crippen LogP contribution in [0.15, 0.2) is 53.5 Å². The molecule has 1 heterocycles. The fourth-order valence-corrected chi connectivity index (χ4v) is 4.53. The first kappa shape index (κ1) is 29.9. The van der Waals surface area contributed by atoms with E-state index >= 15 is 0 Å². The molecule has 3 atom stereocenters. The summed E-state index contributed by atoms with van der Waals surface area (Å²) < 4.78 is 0. The lowest BCUT2D eigenvalue weighted by Gasteiger charge is -2.27. The number of nitrogens with one attached hydrogen (secondary N) is 2. The third kappa shape index (κ3) is 8.17. The SMILES string of the molecule is NC(N)=NCCC[C@H](Nc1ccc(O)c(C(=O)O)c1)C(=O)NC(=O)[C@@H]1CCCN1C(=O)[C@H](N)Cc1ccccc1. The Bertz CT molecular complexity index is 1250. The number of aliphatic imine (C=N–C) groups is 1. The second-order valence-corrected chi connectivity index (χ2v) is 9.52. The molecule has 10 N–H and O–H groups in total. The first-order valence-corrected chi connectivity index (χ1v) is 12.9. The van der Waals surface area contributed by atoms with Crippen molar-refractivity contribution >= 4 is 35.3 Å². The summed E-state index contributed by atoms with van der Waals surface area (Å²) >= 11 is 0. The number of anilines is 1. The van der Waals surface area contributed by atoms with Gasteiger partial charge in [-0.3, -0.25) is 24.7 Å². The van der Waals surface area contributed by atoms with E-state index in [-0.39, 0.29) is 36.1 Å². The number of carboxylic acids is 1. The largest absolute Gasteiger partial charge is 0.507 e. The number of rotatable bonds is 12. The van der Waals surface area contributed by atoms with Gasteiger partial charge in [-0.2, -0.15) is 0 Å². The van der Waals surface area contributed by atoms with Gasteiger partial charge in [0.15, 0.2) is 5.96 Å². The Labute approximate surface area is 231 Å². The van der Waals surface area contributed by atoms with Crippen molar-refractivity contribution in [2.24, 2.45) is 22.2 Å². The molecule has 40 heavy (non-hydrogen) atoms. The van der Waals surface area contributed by atoms with Crippen LogP contribution in [0.1, 0.15) is 41.6 Å². The number of aromatic carboxylic acids is 1. The molecule has 13 nitrogen and oxygen atoms in total. The average molecular weight is 554 g/mol. The lowest BCUT2D eigenvalue weighted by molar-refractivity contribution is -0.141. The van der Waals surface area contributed by atoms with E-state index in [1.165, 1.54) is 23.1 Å². The monoisotopic (exact) mass is 553 g/mol. The number of amides is 3. The van der Waals surface area contributed by atoms with E-state index in [4.69, 9.17) is 17.2 Å². The van der Waals surface area contributed by atoms with E-state index in [9.17, 15) is 29.4 Å². The summed E-state index contributed by atoms with van der Waals surface area (Å²) in [6.45, 7) is 0.571. The van der Waals surface area contributed by atoms with Crippen LogP contribution in [-0.4, -0.2) is 76.0 Å². The molecule has 13 heteroatoms. The molecular formula is C27H35N7O6. The van der Waals surface area contributed by atoms with Crippen molar-refractivity contribution in [2.45, 2.75) is 50.2 Å². The van der Waals surface area contributed by atoms with Crippen molar-refractivity contribution in [1.82, 2.24) is 10.2 Å². The van der Waals surface area contributed by atoms with Gasteiger partial charge in [0.1, 0.15) is 23.4 Å². The number of hydrogen-bond donors (Lipinski definition) is 7. The van der Waals surface area contributed by atoms with E-state index in [1.807, 2.05) is 30.3 Å². The van der Waals surface area contributed by atoms with Gasteiger partial charge < -0.3 is 37.6 Å². The maximum atomic E-state index is 13.2. The summed E-state index contributed by atoms with van der Waals surface area (Å²) in [7, 11) is 0. The molecule has 0 aliphatic carbocycles. The molecule has 0 bridgehead atoms. The Kier molecular flexibility index (Phi) is 10.4. The van der Waals surface area contributed by atoms with Crippen molar-refractivity contribution in [1.29, 1.82) is 0 Å². The quantitative estimate of drug-likeness (QED) is 0.0813. The van der Waals surface area contributed by atoms with Crippen molar-refractivity contribution in [3.63, 3.8) is 0 Å². The predicted octanol–water partition coefficient (Wildman–Crippen LogP) is 0.128. The standard InChI is InChI=1S/C27H35N7O6/c28-19(14-16-6-2-1-3-7-16)25(38)34-13-5-9-21(34)24(37)33-23(36)20(8-4-12-31-27(29)30)32-17-10-11-22(35)18(15-17)26(39)40/h1-3,6-7,10-11,15,19-21,32,35H,4-5,8-9,12-14,28H2,(H,39,40)(H4,29,30,31)(H,33,36,37)/t19-,20+,21+/m1/s1. The van der Waals surface area contributed by atoms with E-state index in [0.29, 0.717) is 32.2 Å². The van der Waals surface area contributed by atoms with Gasteiger partial charge in [-0.25, -0.2) is 4.79 Å². The fourth-order valence-electron chi connectivity index (χ4n) is 4.53. The highest BCUT2D eigenvalue weighted by atomic mass is 16.4. The molecule has 1 saturated heterocycles. The number of carbonyl (C=O) groups is 4. The third-order valence-electron chi connectivity index (χ3n) is 6.53. The van der Waals surface area contributed by atoms with Gasteiger partial charge in [0, 0.05) is 18.8 Å². The van der Waals surface area contributed by atoms with Crippen molar-refractivity contribution in [3.05, 3.63) is 59.7 Å². The van der Waals surface area contributed by atoms with E-state index in [2.05, 4.69) is 15.6 Å². The minimum absolute atomic E-state index is 0.106. The van der Waals surface area contributed by atoms with Gasteiger partial charge in [0.2, 0.25) is 17.7 Å². The minimum Gasteiger partial charge on any atom is -0.507 e. The number of likely N-dealkylation sites (tertiary alicyclic amines) is 1. The van der Waals surface area contributed by atoms with Gasteiger partial charge in [-0.1, -0.05) is 30.3 Å². The average Bonchev–Trinajstić information content (AvgIpc) is 3.41. The Morgan fingerprint density at radius 3 is 2.50 bits per heavy atom. The molecule has 2 aromatic rings. The molecule has 3 rings (SSSR count). The second kappa shape index (κ2) is 13.9. The third-order valence-corrected chi connectivity index (χ3v) is 6.53. The van der Waals surface area contributed by atoms with Crippen LogP contribution in [0.3, 0.4) is 0 Å². The van der Waals surface area contributed by atoms with Crippen LogP contribution < -0.4 is 27.8 Å². The fraction of sp³-hybridized carbons (Fsp3) is 0.370. The lowest BCUT2D eigenvalue weighted by atomic mass is 10.0. The van der Waals surface area contributed by atoms with Crippen LogP contribution in [0.2, 0.25) is 0 Å². The molecule has 0 saturated carbocycles. The normalized spacial score (nSPS) is 16.0. The highest BCUT2D eigenvalue weighted by Crippen LogP contribution is 2.23. The van der Waals surface area contributed by atoms with E-state index in [1.54, 1.807) is 0 Å². The molecule has 1 aliphatic heterocycles. The molecule has 3 amide bonds. The zero-order valence-electron chi connectivity index (χ0n) is 22.0. The number of guanidine groups is 1. The predicted molar refractivity (Wildman–Crippen MR) is 148 cm³/mol. The molecule has 0 unspecified atom stereocenters. The summed E-state index contributed by atoms with van der Waals surface area (Å²) in [6, 6.07) is 10.4. The Hall–Kier alpha value is -4.65. The molecule has 0 spiro atoms. The molecule has 1 fully saturated rings. The number of hydrogen-bond acceptors (Lipinski definition) is 8. The van der Waals surface area contributed by atoms with Crippen LogP contribution in [0.4, 0.5) is 5.69 Å². The smallest absolute Gasteiger partial charge is 0.339 e. The van der Waals surface area contributed by atoms with Gasteiger partial charge in [-0.05, 0) is 55.9 Å². The number of nitrogens with two attached hydrogens (primary N) is 3. The molecule has 1 aliphatic rings. The maximum absolute atomic E-state index is 13.2. The van der Waals surface area contributed by atoms with Gasteiger partial charge in [-0.15, -0.1) is 0 Å². The highest BCUT2D eigenvalue weighted by Gasteiger charge is 2.37. The van der Waals surface area contributed by atoms with Crippen molar-refractivity contribution < 1.29 is 29.4 Å². The Morgan fingerprint density at radius 1 is 1.10 bits per heavy atom. The van der Waals surface area contributed by atoms with Gasteiger partial charge in [0.25, 0.3) is 0 Å². The molecule has 0 radical (unpaired) electrons. The Morgan fingerprint density at radius 2 is 1.82 bits per heavy atom. The zero-order chi connectivity index (χ0) is 29.2. The van der Waals surface area contributed by atoms with Crippen LogP contribution in [-0.2, 0) is 20.8 Å². The maximum Gasteiger partial charge on any atom is 0.339 e. The van der Waals surface area contributed by atoms with E-state index < -0.39 is 41.7 Å². The lowest BCUT2D eigenvalue weighted by Crippen LogP contribution is -2.54.